The molecule has 2 unspecified atom stereocenters. The van der Waals surface area contributed by atoms with Gasteiger partial charge in [-0.3, -0.25) is 4.90 Å². The first-order chi connectivity index (χ1) is 22.6. The number of phenolic OH excluding ortho intramolecular Hbond substituents is 1. The van der Waals surface area contributed by atoms with E-state index >= 15 is 4.39 Å². The number of nitrogens with one attached hydrogen (secondary N) is 1. The number of anilines is 1. The highest BCUT2D eigenvalue weighted by atomic mass is 35.5. The van der Waals surface area contributed by atoms with E-state index in [0.29, 0.717) is 31.4 Å². The van der Waals surface area contributed by atoms with Gasteiger partial charge in [-0.15, -0.1) is 6.42 Å². The molecule has 0 spiro atoms. The summed E-state index contributed by atoms with van der Waals surface area (Å²) in [5.41, 5.74) is -1.87. The number of terminal acetylenes is 1. The van der Waals surface area contributed by atoms with Crippen molar-refractivity contribution in [3.05, 3.63) is 52.6 Å². The summed E-state index contributed by atoms with van der Waals surface area (Å²) in [7, 11) is 0. The Labute approximate surface area is 273 Å². The molecule has 5 heterocycles. The van der Waals surface area contributed by atoms with Crippen molar-refractivity contribution in [2.75, 3.05) is 37.7 Å². The first-order valence-electron chi connectivity index (χ1n) is 15.9. The maximum absolute atomic E-state index is 17.0. The van der Waals surface area contributed by atoms with Gasteiger partial charge in [0, 0.05) is 35.5 Å². The predicted molar refractivity (Wildman–Crippen MR) is 172 cm³/mol. The number of alkyl halides is 2. The molecule has 0 amide bonds. The van der Waals surface area contributed by atoms with Crippen molar-refractivity contribution in [2.24, 2.45) is 0 Å². The molecule has 0 aliphatic carbocycles. The summed E-state index contributed by atoms with van der Waals surface area (Å²) in [6, 6.07) is 6.54. The Morgan fingerprint density at radius 1 is 1.13 bits per heavy atom. The number of rotatable bonds is 6. The van der Waals surface area contributed by atoms with Crippen molar-refractivity contribution in [2.45, 2.75) is 62.1 Å². The summed E-state index contributed by atoms with van der Waals surface area (Å²) >= 11 is 6.83. The Morgan fingerprint density at radius 2 is 1.91 bits per heavy atom. The Kier molecular flexibility index (Phi) is 7.21. The van der Waals surface area contributed by atoms with Crippen LogP contribution in [0.25, 0.3) is 32.8 Å². The van der Waals surface area contributed by atoms with Crippen LogP contribution in [-0.2, 0) is 0 Å². The Hall–Kier alpha value is -3.85. The Morgan fingerprint density at radius 3 is 2.66 bits per heavy atom. The molecular weight excluding hydrogens is 634 g/mol. The van der Waals surface area contributed by atoms with Crippen LogP contribution in [0.15, 0.2) is 30.3 Å². The van der Waals surface area contributed by atoms with Crippen molar-refractivity contribution in [3.8, 4) is 35.2 Å². The van der Waals surface area contributed by atoms with Gasteiger partial charge in [-0.25, -0.2) is 17.6 Å². The van der Waals surface area contributed by atoms with Crippen molar-refractivity contribution in [1.82, 2.24) is 20.2 Å². The fraction of sp³-hybridized carbons (Fsp3) is 0.429. The van der Waals surface area contributed by atoms with Gasteiger partial charge in [0.15, 0.2) is 5.82 Å². The number of fused-ring (bicyclic) bond motifs is 5. The molecule has 2 atom stereocenters. The van der Waals surface area contributed by atoms with E-state index in [4.69, 9.17) is 27.7 Å². The van der Waals surface area contributed by atoms with Gasteiger partial charge < -0.3 is 20.1 Å². The normalized spacial score (nSPS) is 23.6. The number of piperazine rings is 1. The molecule has 47 heavy (non-hydrogen) atoms. The summed E-state index contributed by atoms with van der Waals surface area (Å²) in [6.45, 7) is 2.61. The van der Waals surface area contributed by atoms with E-state index < -0.39 is 23.6 Å². The van der Waals surface area contributed by atoms with Gasteiger partial charge in [-0.1, -0.05) is 23.6 Å². The van der Waals surface area contributed by atoms with Gasteiger partial charge in [-0.2, -0.15) is 9.97 Å². The zero-order valence-corrected chi connectivity index (χ0v) is 26.2. The van der Waals surface area contributed by atoms with E-state index in [1.807, 2.05) is 0 Å². The maximum Gasteiger partial charge on any atom is 0.319 e. The lowest BCUT2D eigenvalue weighted by Gasteiger charge is -2.41. The molecule has 4 aliphatic rings. The molecule has 0 saturated carbocycles. The van der Waals surface area contributed by atoms with Crippen molar-refractivity contribution in [1.29, 1.82) is 0 Å². The monoisotopic (exact) mass is 665 g/mol. The molecule has 2 N–H and O–H groups in total. The molecule has 7 nitrogen and oxygen atoms in total. The summed E-state index contributed by atoms with van der Waals surface area (Å²) in [6.07, 6.45) is 7.99. The first kappa shape index (κ1) is 30.5. The van der Waals surface area contributed by atoms with Crippen LogP contribution >= 0.6 is 11.6 Å². The molecule has 1 aromatic heterocycles. The van der Waals surface area contributed by atoms with Crippen LogP contribution in [0.5, 0.6) is 11.8 Å². The third kappa shape index (κ3) is 4.79. The van der Waals surface area contributed by atoms with Crippen LogP contribution in [0.3, 0.4) is 0 Å². The van der Waals surface area contributed by atoms with Gasteiger partial charge in [0.2, 0.25) is 0 Å². The van der Waals surface area contributed by atoms with E-state index in [2.05, 4.69) is 21.1 Å². The SMILES string of the molecule is C#Cc1c(F)ccc2cc(O)cc(-c3c(Cl)cc4c(N5CC6CCC(C(F)F)(C5)N6)nc(OCC56CCCN5CCC6)nc4c3F)c12. The maximum atomic E-state index is 17.0. The summed E-state index contributed by atoms with van der Waals surface area (Å²) in [4.78, 5) is 13.4. The molecule has 4 aliphatic heterocycles. The number of aromatic hydroxyl groups is 1. The zero-order chi connectivity index (χ0) is 32.7. The summed E-state index contributed by atoms with van der Waals surface area (Å²) in [5.74, 6) is 0.858. The first-order valence-corrected chi connectivity index (χ1v) is 16.3. The molecule has 4 fully saturated rings. The zero-order valence-electron chi connectivity index (χ0n) is 25.4. The largest absolute Gasteiger partial charge is 0.508 e. The lowest BCUT2D eigenvalue weighted by molar-refractivity contribution is 0.0367. The van der Waals surface area contributed by atoms with Crippen molar-refractivity contribution >= 4 is 39.1 Å². The van der Waals surface area contributed by atoms with Gasteiger partial charge in [0.1, 0.15) is 29.5 Å². The summed E-state index contributed by atoms with van der Waals surface area (Å²) in [5, 5.41) is 14.5. The molecule has 2 bridgehead atoms. The van der Waals surface area contributed by atoms with E-state index in [1.165, 1.54) is 30.3 Å². The number of hydrogen-bond donors (Lipinski definition) is 2. The third-order valence-corrected chi connectivity index (χ3v) is 10.9. The molecular formula is C35H32ClF4N5O2. The minimum atomic E-state index is -2.62. The highest BCUT2D eigenvalue weighted by molar-refractivity contribution is 6.35. The number of hydrogen-bond acceptors (Lipinski definition) is 7. The standard InChI is InChI=1S/C35H32ClF4N5O2/c1-2-22-26(37)6-5-19-13-21(46)14-23(27(19)22)28-25(36)15-24-30(29(28)38)41-33(47-18-34-8-3-11-45(34)12-4-9-34)42-31(24)44-16-20-7-10-35(17-44,43-20)32(39)40/h1,5-6,13-15,20,32,43,46H,3-4,7-12,16-18H2. The fourth-order valence-corrected chi connectivity index (χ4v) is 8.75. The van der Waals surface area contributed by atoms with Crippen LogP contribution in [0.2, 0.25) is 5.02 Å². The van der Waals surface area contributed by atoms with Crippen LogP contribution in [0, 0.1) is 24.0 Å². The van der Waals surface area contributed by atoms with Crippen LogP contribution in [0.1, 0.15) is 44.1 Å². The molecule has 4 aromatic rings. The second kappa shape index (κ2) is 11.1. The molecule has 12 heteroatoms. The van der Waals surface area contributed by atoms with Crippen molar-refractivity contribution in [3.63, 3.8) is 0 Å². The number of nitrogens with zero attached hydrogens (tertiary/aromatic N) is 4. The minimum Gasteiger partial charge on any atom is -0.508 e. The van der Waals surface area contributed by atoms with E-state index in [1.54, 1.807) is 4.90 Å². The summed E-state index contributed by atoms with van der Waals surface area (Å²) < 4.78 is 67.1. The topological polar surface area (TPSA) is 73.8 Å². The molecule has 8 rings (SSSR count). The second-order valence-corrected chi connectivity index (χ2v) is 13.8. The lowest BCUT2D eigenvalue weighted by Crippen LogP contribution is -2.63. The number of benzene rings is 3. The average molecular weight is 666 g/mol. The predicted octanol–water partition coefficient (Wildman–Crippen LogP) is 6.65. The number of aromatic nitrogens is 2. The van der Waals surface area contributed by atoms with E-state index in [-0.39, 0.29) is 73.7 Å². The molecule has 244 valence electrons. The van der Waals surface area contributed by atoms with Gasteiger partial charge >= 0.3 is 6.01 Å². The van der Waals surface area contributed by atoms with E-state index in [9.17, 15) is 18.3 Å². The number of ether oxygens (including phenoxy) is 1. The average Bonchev–Trinajstić information content (AvgIpc) is 3.72. The van der Waals surface area contributed by atoms with Crippen molar-refractivity contribution < 1.29 is 27.4 Å². The number of halogens is 5. The van der Waals surface area contributed by atoms with Crippen LogP contribution in [-0.4, -0.2) is 76.3 Å². The van der Waals surface area contributed by atoms with Crippen LogP contribution in [0.4, 0.5) is 23.4 Å². The Balaban J connectivity index is 1.32. The lowest BCUT2D eigenvalue weighted by atomic mass is 9.92. The minimum absolute atomic E-state index is 0.0482. The molecule has 4 saturated heterocycles. The van der Waals surface area contributed by atoms with E-state index in [0.717, 1.165) is 38.8 Å². The van der Waals surface area contributed by atoms with Crippen LogP contribution < -0.4 is 15.0 Å². The highest BCUT2D eigenvalue weighted by Crippen LogP contribution is 2.45. The van der Waals surface area contributed by atoms with Gasteiger partial charge in [0.25, 0.3) is 6.43 Å². The second-order valence-electron chi connectivity index (χ2n) is 13.4. The smallest absolute Gasteiger partial charge is 0.319 e. The highest BCUT2D eigenvalue weighted by Gasteiger charge is 2.51. The number of phenols is 1. The molecule has 3 aromatic carbocycles. The fourth-order valence-electron chi connectivity index (χ4n) is 8.45. The Bertz CT molecular complexity index is 1980. The van der Waals surface area contributed by atoms with Gasteiger partial charge in [-0.05, 0) is 86.8 Å². The quantitative estimate of drug-likeness (QED) is 0.177. The molecule has 0 radical (unpaired) electrons. The van der Waals surface area contributed by atoms with Gasteiger partial charge in [0.05, 0.1) is 21.7 Å². The third-order valence-electron chi connectivity index (χ3n) is 10.7.